The summed E-state index contributed by atoms with van der Waals surface area (Å²) in [6, 6.07) is 6.80. The van der Waals surface area contributed by atoms with Crippen molar-refractivity contribution in [2.75, 3.05) is 45.1 Å². The van der Waals surface area contributed by atoms with Crippen LogP contribution in [-0.2, 0) is 11.3 Å². The summed E-state index contributed by atoms with van der Waals surface area (Å²) in [5.41, 5.74) is 7.93. The number of ether oxygens (including phenoxy) is 1. The Morgan fingerprint density at radius 3 is 2.80 bits per heavy atom. The summed E-state index contributed by atoms with van der Waals surface area (Å²) >= 11 is 3.61. The van der Waals surface area contributed by atoms with Gasteiger partial charge in [0.25, 0.3) is 0 Å². The maximum Gasteiger partial charge on any atom is 0.0594 e. The van der Waals surface area contributed by atoms with Gasteiger partial charge in [0.05, 0.1) is 13.2 Å². The van der Waals surface area contributed by atoms with Crippen molar-refractivity contribution in [2.45, 2.75) is 19.0 Å². The van der Waals surface area contributed by atoms with Gasteiger partial charge in [0.1, 0.15) is 0 Å². The highest BCUT2D eigenvalue weighted by molar-refractivity contribution is 9.10. The second-order valence-corrected chi connectivity index (χ2v) is 6.53. The molecule has 0 aromatic heterocycles. The Hall–Kier alpha value is -0.620. The lowest BCUT2D eigenvalue weighted by Crippen LogP contribution is -2.44. The van der Waals surface area contributed by atoms with Crippen LogP contribution in [-0.4, -0.2) is 55.2 Å². The van der Waals surface area contributed by atoms with E-state index >= 15 is 0 Å². The van der Waals surface area contributed by atoms with E-state index in [4.69, 9.17) is 10.5 Å². The second-order valence-electron chi connectivity index (χ2n) is 5.68. The second kappa shape index (κ2) is 6.43. The van der Waals surface area contributed by atoms with Crippen molar-refractivity contribution >= 4 is 21.6 Å². The molecular formula is C15H22BrN3O. The number of rotatable bonds is 3. The fraction of sp³-hybridized carbons (Fsp3) is 0.600. The van der Waals surface area contributed by atoms with E-state index in [1.165, 1.54) is 18.5 Å². The molecule has 0 spiro atoms. The Morgan fingerprint density at radius 1 is 1.25 bits per heavy atom. The van der Waals surface area contributed by atoms with Gasteiger partial charge in [0.15, 0.2) is 0 Å². The van der Waals surface area contributed by atoms with Gasteiger partial charge in [-0.25, -0.2) is 0 Å². The van der Waals surface area contributed by atoms with Crippen molar-refractivity contribution in [3.8, 4) is 0 Å². The molecule has 1 aromatic rings. The van der Waals surface area contributed by atoms with Crippen LogP contribution in [0.15, 0.2) is 22.7 Å². The number of halogens is 1. The van der Waals surface area contributed by atoms with Gasteiger partial charge < -0.3 is 10.5 Å². The van der Waals surface area contributed by atoms with E-state index in [0.29, 0.717) is 6.04 Å². The molecule has 0 aliphatic carbocycles. The number of anilines is 1. The average Bonchev–Trinajstić information content (AvgIpc) is 2.92. The van der Waals surface area contributed by atoms with E-state index in [1.807, 2.05) is 12.1 Å². The molecule has 110 valence electrons. The summed E-state index contributed by atoms with van der Waals surface area (Å²) in [5, 5.41) is 0. The van der Waals surface area contributed by atoms with Crippen LogP contribution in [0, 0.1) is 0 Å². The number of benzene rings is 1. The monoisotopic (exact) mass is 339 g/mol. The summed E-state index contributed by atoms with van der Waals surface area (Å²) in [6.07, 6.45) is 1.27. The molecule has 4 nitrogen and oxygen atoms in total. The van der Waals surface area contributed by atoms with Crippen molar-refractivity contribution in [3.63, 3.8) is 0 Å². The highest BCUT2D eigenvalue weighted by Crippen LogP contribution is 2.24. The van der Waals surface area contributed by atoms with Crippen LogP contribution in [0.25, 0.3) is 0 Å². The minimum atomic E-state index is 0.700. The largest absolute Gasteiger partial charge is 0.399 e. The van der Waals surface area contributed by atoms with Crippen LogP contribution < -0.4 is 5.73 Å². The predicted octanol–water partition coefficient (Wildman–Crippen LogP) is 1.94. The van der Waals surface area contributed by atoms with Crippen LogP contribution in [0.2, 0.25) is 0 Å². The van der Waals surface area contributed by atoms with Gasteiger partial charge in [-0.1, -0.05) is 22.0 Å². The first-order valence-electron chi connectivity index (χ1n) is 7.30. The molecule has 20 heavy (non-hydrogen) atoms. The molecule has 0 saturated carbocycles. The highest BCUT2D eigenvalue weighted by Gasteiger charge is 2.28. The highest BCUT2D eigenvalue weighted by atomic mass is 79.9. The fourth-order valence-electron chi connectivity index (χ4n) is 3.13. The number of hydrogen-bond donors (Lipinski definition) is 1. The minimum Gasteiger partial charge on any atom is -0.399 e. The molecular weight excluding hydrogens is 318 g/mol. The van der Waals surface area contributed by atoms with Crippen LogP contribution in [0.1, 0.15) is 12.0 Å². The molecule has 0 amide bonds. The van der Waals surface area contributed by atoms with Crippen molar-refractivity contribution in [3.05, 3.63) is 28.2 Å². The maximum absolute atomic E-state index is 5.79. The molecule has 2 aliphatic rings. The van der Waals surface area contributed by atoms with E-state index < -0.39 is 0 Å². The molecule has 2 heterocycles. The predicted molar refractivity (Wildman–Crippen MR) is 84.6 cm³/mol. The first kappa shape index (κ1) is 14.3. The Labute approximate surface area is 129 Å². The smallest absolute Gasteiger partial charge is 0.0594 e. The van der Waals surface area contributed by atoms with E-state index in [9.17, 15) is 0 Å². The van der Waals surface area contributed by atoms with Crippen LogP contribution in [0.5, 0.6) is 0 Å². The Kier molecular flexibility index (Phi) is 4.61. The van der Waals surface area contributed by atoms with Crippen LogP contribution >= 0.6 is 15.9 Å². The van der Waals surface area contributed by atoms with Crippen molar-refractivity contribution in [2.24, 2.45) is 0 Å². The zero-order valence-electron chi connectivity index (χ0n) is 11.7. The average molecular weight is 340 g/mol. The number of morpholine rings is 1. The first-order valence-corrected chi connectivity index (χ1v) is 8.10. The molecule has 2 N–H and O–H groups in total. The maximum atomic E-state index is 5.79. The van der Waals surface area contributed by atoms with Gasteiger partial charge in [0, 0.05) is 48.9 Å². The van der Waals surface area contributed by atoms with Gasteiger partial charge in [-0.05, 0) is 24.1 Å². The molecule has 0 radical (unpaired) electrons. The lowest BCUT2D eigenvalue weighted by atomic mass is 10.2. The Bertz CT molecular complexity index is 462. The third kappa shape index (κ3) is 3.34. The Balaban J connectivity index is 1.57. The molecule has 1 unspecified atom stereocenters. The van der Waals surface area contributed by atoms with Crippen LogP contribution in [0.3, 0.4) is 0 Å². The van der Waals surface area contributed by atoms with E-state index in [2.05, 4.69) is 31.8 Å². The summed E-state index contributed by atoms with van der Waals surface area (Å²) in [6.45, 7) is 7.30. The molecule has 3 rings (SSSR count). The fourth-order valence-corrected chi connectivity index (χ4v) is 3.65. The normalized spacial score (nSPS) is 25.1. The quantitative estimate of drug-likeness (QED) is 0.854. The molecule has 0 bridgehead atoms. The van der Waals surface area contributed by atoms with Crippen molar-refractivity contribution in [1.82, 2.24) is 9.80 Å². The number of hydrogen-bond acceptors (Lipinski definition) is 4. The molecule has 5 heteroatoms. The standard InChI is InChI=1S/C15H22BrN3O/c16-15-9-13(17)2-1-12(15)10-18-4-3-14(11-18)19-5-7-20-8-6-19/h1-2,9,14H,3-8,10-11,17H2. The number of likely N-dealkylation sites (tertiary alicyclic amines) is 1. The van der Waals surface area contributed by atoms with Crippen molar-refractivity contribution in [1.29, 1.82) is 0 Å². The Morgan fingerprint density at radius 2 is 2.05 bits per heavy atom. The van der Waals surface area contributed by atoms with E-state index in [-0.39, 0.29) is 0 Å². The molecule has 2 saturated heterocycles. The van der Waals surface area contributed by atoms with Gasteiger partial charge in [0.2, 0.25) is 0 Å². The first-order chi connectivity index (χ1) is 9.72. The summed E-state index contributed by atoms with van der Waals surface area (Å²) in [4.78, 5) is 5.12. The van der Waals surface area contributed by atoms with Crippen LogP contribution in [0.4, 0.5) is 5.69 Å². The number of nitrogens with zero attached hydrogens (tertiary/aromatic N) is 2. The molecule has 2 fully saturated rings. The van der Waals surface area contributed by atoms with Crippen molar-refractivity contribution < 1.29 is 4.74 Å². The molecule has 1 aromatic carbocycles. The summed E-state index contributed by atoms with van der Waals surface area (Å²) in [5.74, 6) is 0. The number of nitrogen functional groups attached to an aromatic ring is 1. The summed E-state index contributed by atoms with van der Waals surface area (Å²) < 4.78 is 6.55. The third-order valence-corrected chi connectivity index (χ3v) is 5.02. The topological polar surface area (TPSA) is 41.7 Å². The zero-order valence-corrected chi connectivity index (χ0v) is 13.3. The third-order valence-electron chi connectivity index (χ3n) is 4.28. The van der Waals surface area contributed by atoms with E-state index in [0.717, 1.165) is 49.6 Å². The zero-order chi connectivity index (χ0) is 13.9. The summed E-state index contributed by atoms with van der Waals surface area (Å²) in [7, 11) is 0. The van der Waals surface area contributed by atoms with Gasteiger partial charge >= 0.3 is 0 Å². The lowest BCUT2D eigenvalue weighted by molar-refractivity contribution is 0.0184. The minimum absolute atomic E-state index is 0.700. The van der Waals surface area contributed by atoms with Gasteiger partial charge in [-0.3, -0.25) is 9.80 Å². The number of nitrogens with two attached hydrogens (primary N) is 1. The van der Waals surface area contributed by atoms with Gasteiger partial charge in [-0.15, -0.1) is 0 Å². The van der Waals surface area contributed by atoms with E-state index in [1.54, 1.807) is 0 Å². The van der Waals surface area contributed by atoms with Gasteiger partial charge in [-0.2, -0.15) is 0 Å². The molecule has 1 atom stereocenters. The SMILES string of the molecule is Nc1ccc(CN2CCC(N3CCOCC3)C2)c(Br)c1. The lowest BCUT2D eigenvalue weighted by Gasteiger charge is -2.32. The molecule has 2 aliphatic heterocycles.